The average molecular weight is 255 g/mol. The zero-order chi connectivity index (χ0) is 13.5. The summed E-state index contributed by atoms with van der Waals surface area (Å²) < 4.78 is 5.18. The number of hydrogen-bond acceptors (Lipinski definition) is 2. The standard InChI is InChI=1S/C16H17NO2/c1-2-14-10-6-7-11-15(14)17-16(18)19-12-13-8-4-3-5-9-13/h3-11H,2,12H2,1H3,(H,17,18). The summed E-state index contributed by atoms with van der Waals surface area (Å²) in [5.41, 5.74) is 2.88. The largest absolute Gasteiger partial charge is 0.444 e. The van der Waals surface area contributed by atoms with E-state index in [1.807, 2.05) is 54.6 Å². The van der Waals surface area contributed by atoms with Crippen molar-refractivity contribution in [3.63, 3.8) is 0 Å². The molecule has 0 aliphatic carbocycles. The van der Waals surface area contributed by atoms with Gasteiger partial charge in [-0.2, -0.15) is 0 Å². The third-order valence-electron chi connectivity index (χ3n) is 2.85. The van der Waals surface area contributed by atoms with Gasteiger partial charge >= 0.3 is 6.09 Å². The second-order valence-electron chi connectivity index (χ2n) is 4.20. The smallest absolute Gasteiger partial charge is 0.411 e. The first-order valence-electron chi connectivity index (χ1n) is 6.35. The zero-order valence-electron chi connectivity index (χ0n) is 10.9. The van der Waals surface area contributed by atoms with Crippen LogP contribution in [0.3, 0.4) is 0 Å². The molecule has 0 fully saturated rings. The number of benzene rings is 2. The molecule has 0 saturated heterocycles. The Kier molecular flexibility index (Phi) is 4.56. The van der Waals surface area contributed by atoms with Crippen molar-refractivity contribution in [1.82, 2.24) is 0 Å². The van der Waals surface area contributed by atoms with Gasteiger partial charge in [0.2, 0.25) is 0 Å². The Morgan fingerprint density at radius 2 is 1.74 bits per heavy atom. The van der Waals surface area contributed by atoms with Gasteiger partial charge in [-0.1, -0.05) is 55.5 Å². The van der Waals surface area contributed by atoms with Crippen LogP contribution in [-0.4, -0.2) is 6.09 Å². The van der Waals surface area contributed by atoms with Crippen LogP contribution >= 0.6 is 0 Å². The molecule has 3 nitrogen and oxygen atoms in total. The van der Waals surface area contributed by atoms with Gasteiger partial charge in [0, 0.05) is 5.69 Å². The molecule has 2 aromatic rings. The highest BCUT2D eigenvalue weighted by atomic mass is 16.5. The van der Waals surface area contributed by atoms with E-state index in [0.717, 1.165) is 23.2 Å². The molecule has 98 valence electrons. The van der Waals surface area contributed by atoms with Gasteiger partial charge in [-0.25, -0.2) is 4.79 Å². The molecule has 3 heteroatoms. The van der Waals surface area contributed by atoms with Gasteiger partial charge in [-0.15, -0.1) is 0 Å². The van der Waals surface area contributed by atoms with E-state index < -0.39 is 6.09 Å². The minimum absolute atomic E-state index is 0.279. The van der Waals surface area contributed by atoms with Crippen LogP contribution in [0.1, 0.15) is 18.1 Å². The number of hydrogen-bond donors (Lipinski definition) is 1. The molecule has 0 saturated carbocycles. The molecule has 1 N–H and O–H groups in total. The first-order chi connectivity index (χ1) is 9.29. The topological polar surface area (TPSA) is 38.3 Å². The average Bonchev–Trinajstić information content (AvgIpc) is 2.47. The number of rotatable bonds is 4. The fourth-order valence-corrected chi connectivity index (χ4v) is 1.82. The van der Waals surface area contributed by atoms with E-state index in [0.29, 0.717) is 0 Å². The van der Waals surface area contributed by atoms with Gasteiger partial charge in [0.15, 0.2) is 0 Å². The predicted molar refractivity (Wildman–Crippen MR) is 76.1 cm³/mol. The number of ether oxygens (including phenoxy) is 1. The first-order valence-corrected chi connectivity index (χ1v) is 6.35. The molecule has 0 heterocycles. The Morgan fingerprint density at radius 3 is 2.47 bits per heavy atom. The maximum absolute atomic E-state index is 11.7. The van der Waals surface area contributed by atoms with E-state index in [1.165, 1.54) is 0 Å². The molecule has 0 bridgehead atoms. The van der Waals surface area contributed by atoms with Gasteiger partial charge in [-0.05, 0) is 23.6 Å². The van der Waals surface area contributed by atoms with Crippen LogP contribution in [0, 0.1) is 0 Å². The molecular weight excluding hydrogens is 238 g/mol. The van der Waals surface area contributed by atoms with Crippen molar-refractivity contribution in [3.8, 4) is 0 Å². The van der Waals surface area contributed by atoms with Crippen LogP contribution < -0.4 is 5.32 Å². The van der Waals surface area contributed by atoms with Crippen LogP contribution in [-0.2, 0) is 17.8 Å². The van der Waals surface area contributed by atoms with Crippen LogP contribution in [0.4, 0.5) is 10.5 Å². The molecule has 0 aromatic heterocycles. The molecule has 1 amide bonds. The van der Waals surface area contributed by atoms with Crippen molar-refractivity contribution in [1.29, 1.82) is 0 Å². The lowest BCUT2D eigenvalue weighted by molar-refractivity contribution is 0.155. The molecule has 0 radical (unpaired) electrons. The monoisotopic (exact) mass is 255 g/mol. The number of para-hydroxylation sites is 1. The normalized spacial score (nSPS) is 9.95. The van der Waals surface area contributed by atoms with Crippen molar-refractivity contribution < 1.29 is 9.53 Å². The van der Waals surface area contributed by atoms with E-state index in [2.05, 4.69) is 12.2 Å². The third kappa shape index (κ3) is 3.85. The summed E-state index contributed by atoms with van der Waals surface area (Å²) in [5, 5.41) is 2.77. The van der Waals surface area contributed by atoms with E-state index in [9.17, 15) is 4.79 Å². The summed E-state index contributed by atoms with van der Waals surface area (Å²) >= 11 is 0. The van der Waals surface area contributed by atoms with Gasteiger partial charge in [0.1, 0.15) is 6.61 Å². The van der Waals surface area contributed by atoms with E-state index in [1.54, 1.807) is 0 Å². The SMILES string of the molecule is CCc1ccccc1NC(=O)OCc1ccccc1. The number of carbonyl (C=O) groups excluding carboxylic acids is 1. The molecule has 0 aliphatic rings. The van der Waals surface area contributed by atoms with Crippen molar-refractivity contribution in [3.05, 3.63) is 65.7 Å². The summed E-state index contributed by atoms with van der Waals surface area (Å²) in [5.74, 6) is 0. The summed E-state index contributed by atoms with van der Waals surface area (Å²) in [6, 6.07) is 17.3. The molecule has 2 rings (SSSR count). The van der Waals surface area contributed by atoms with Crippen molar-refractivity contribution in [2.24, 2.45) is 0 Å². The van der Waals surface area contributed by atoms with Crippen molar-refractivity contribution in [2.75, 3.05) is 5.32 Å². The van der Waals surface area contributed by atoms with E-state index >= 15 is 0 Å². The van der Waals surface area contributed by atoms with Gasteiger partial charge < -0.3 is 4.74 Å². The van der Waals surface area contributed by atoms with Gasteiger partial charge in [-0.3, -0.25) is 5.32 Å². The maximum atomic E-state index is 11.7. The summed E-state index contributed by atoms with van der Waals surface area (Å²) in [6.07, 6.45) is 0.444. The minimum atomic E-state index is -0.426. The fraction of sp³-hybridized carbons (Fsp3) is 0.188. The number of amides is 1. The Morgan fingerprint density at radius 1 is 1.05 bits per heavy atom. The van der Waals surface area contributed by atoms with Crippen LogP contribution in [0.15, 0.2) is 54.6 Å². The molecule has 0 spiro atoms. The zero-order valence-corrected chi connectivity index (χ0v) is 10.9. The highest BCUT2D eigenvalue weighted by Gasteiger charge is 2.06. The lowest BCUT2D eigenvalue weighted by atomic mass is 10.1. The third-order valence-corrected chi connectivity index (χ3v) is 2.85. The van der Waals surface area contributed by atoms with Crippen LogP contribution in [0.2, 0.25) is 0 Å². The number of anilines is 1. The fourth-order valence-electron chi connectivity index (χ4n) is 1.82. The second-order valence-corrected chi connectivity index (χ2v) is 4.20. The lowest BCUT2D eigenvalue weighted by Crippen LogP contribution is -2.14. The Bertz CT molecular complexity index is 537. The van der Waals surface area contributed by atoms with Gasteiger partial charge in [0.25, 0.3) is 0 Å². The van der Waals surface area contributed by atoms with Crippen LogP contribution in [0.5, 0.6) is 0 Å². The van der Waals surface area contributed by atoms with Crippen molar-refractivity contribution >= 4 is 11.8 Å². The van der Waals surface area contributed by atoms with E-state index in [-0.39, 0.29) is 6.61 Å². The summed E-state index contributed by atoms with van der Waals surface area (Å²) in [7, 11) is 0. The molecule has 2 aromatic carbocycles. The van der Waals surface area contributed by atoms with Gasteiger partial charge in [0.05, 0.1) is 0 Å². The number of aryl methyl sites for hydroxylation is 1. The summed E-state index contributed by atoms with van der Waals surface area (Å²) in [6.45, 7) is 2.33. The lowest BCUT2D eigenvalue weighted by Gasteiger charge is -2.10. The molecule has 19 heavy (non-hydrogen) atoms. The minimum Gasteiger partial charge on any atom is -0.444 e. The Balaban J connectivity index is 1.91. The Hall–Kier alpha value is -2.29. The highest BCUT2D eigenvalue weighted by Crippen LogP contribution is 2.15. The first kappa shape index (κ1) is 13.1. The molecule has 0 atom stereocenters. The van der Waals surface area contributed by atoms with Crippen LogP contribution in [0.25, 0.3) is 0 Å². The number of carbonyl (C=O) groups is 1. The second kappa shape index (κ2) is 6.59. The molecular formula is C16H17NO2. The quantitative estimate of drug-likeness (QED) is 0.896. The molecule has 0 aliphatic heterocycles. The predicted octanol–water partition coefficient (Wildman–Crippen LogP) is 4.00. The summed E-state index contributed by atoms with van der Waals surface area (Å²) in [4.78, 5) is 11.7. The molecule has 0 unspecified atom stereocenters. The highest BCUT2D eigenvalue weighted by molar-refractivity contribution is 5.85. The Labute approximate surface area is 113 Å². The maximum Gasteiger partial charge on any atom is 0.411 e. The number of nitrogens with one attached hydrogen (secondary N) is 1. The van der Waals surface area contributed by atoms with E-state index in [4.69, 9.17) is 4.74 Å². The van der Waals surface area contributed by atoms with Crippen molar-refractivity contribution in [2.45, 2.75) is 20.0 Å².